The molecule has 0 amide bonds. The van der Waals surface area contributed by atoms with Crippen LogP contribution in [0.5, 0.6) is 5.75 Å². The first kappa shape index (κ1) is 10.8. The van der Waals surface area contributed by atoms with Gasteiger partial charge in [0.15, 0.2) is 0 Å². The smallest absolute Gasteiger partial charge is 0.127 e. The van der Waals surface area contributed by atoms with Gasteiger partial charge in [-0.25, -0.2) is 0 Å². The molecule has 0 radical (unpaired) electrons. The molecule has 2 aromatic carbocycles. The van der Waals surface area contributed by atoms with E-state index < -0.39 is 0 Å². The molecular formula is C17H15NO. The number of aryl methyl sites for hydroxylation is 2. The van der Waals surface area contributed by atoms with E-state index in [-0.39, 0.29) is 0 Å². The van der Waals surface area contributed by atoms with Gasteiger partial charge < -0.3 is 4.74 Å². The van der Waals surface area contributed by atoms with Gasteiger partial charge in [0, 0.05) is 21.9 Å². The molecule has 0 N–H and O–H groups in total. The van der Waals surface area contributed by atoms with Crippen LogP contribution in [-0.4, -0.2) is 12.1 Å². The zero-order chi connectivity index (χ0) is 12.8. The average molecular weight is 249 g/mol. The molecule has 1 aromatic heterocycles. The molecule has 0 atom stereocenters. The zero-order valence-corrected chi connectivity index (χ0v) is 10.9. The topological polar surface area (TPSA) is 22.1 Å². The molecular weight excluding hydrogens is 234 g/mol. The Kier molecular flexibility index (Phi) is 2.25. The van der Waals surface area contributed by atoms with Crippen LogP contribution >= 0.6 is 0 Å². The summed E-state index contributed by atoms with van der Waals surface area (Å²) in [5.41, 5.74) is 3.71. The molecule has 94 valence electrons. The van der Waals surface area contributed by atoms with Gasteiger partial charge in [-0.15, -0.1) is 0 Å². The van der Waals surface area contributed by atoms with E-state index in [4.69, 9.17) is 9.72 Å². The molecule has 0 saturated carbocycles. The lowest BCUT2D eigenvalue weighted by Gasteiger charge is -2.19. The molecule has 0 aliphatic heterocycles. The number of ether oxygens (including phenoxy) is 1. The van der Waals surface area contributed by atoms with Gasteiger partial charge in [-0.3, -0.25) is 4.98 Å². The van der Waals surface area contributed by atoms with Crippen LogP contribution in [0.15, 0.2) is 36.4 Å². The van der Waals surface area contributed by atoms with Crippen molar-refractivity contribution in [3.8, 4) is 5.75 Å². The first-order chi connectivity index (χ1) is 9.38. The number of hydrogen-bond donors (Lipinski definition) is 0. The molecule has 3 aromatic rings. The number of aromatic nitrogens is 1. The van der Waals surface area contributed by atoms with Crippen molar-refractivity contribution in [1.29, 1.82) is 0 Å². The Morgan fingerprint density at radius 3 is 2.79 bits per heavy atom. The number of hydrogen-bond acceptors (Lipinski definition) is 2. The SMILES string of the molecule is COc1ccc2c3c(nc4ccccc4c13)CCC2. The predicted octanol–water partition coefficient (Wildman–Crippen LogP) is 3.89. The van der Waals surface area contributed by atoms with Gasteiger partial charge in [-0.05, 0) is 37.0 Å². The van der Waals surface area contributed by atoms with E-state index in [1.54, 1.807) is 7.11 Å². The average Bonchev–Trinajstić information content (AvgIpc) is 2.47. The van der Waals surface area contributed by atoms with Crippen molar-refractivity contribution >= 4 is 21.7 Å². The Hall–Kier alpha value is -2.09. The van der Waals surface area contributed by atoms with Gasteiger partial charge >= 0.3 is 0 Å². The highest BCUT2D eigenvalue weighted by atomic mass is 16.5. The van der Waals surface area contributed by atoms with E-state index in [1.165, 1.54) is 33.8 Å². The summed E-state index contributed by atoms with van der Waals surface area (Å²) < 4.78 is 5.59. The van der Waals surface area contributed by atoms with Crippen molar-refractivity contribution in [1.82, 2.24) is 4.98 Å². The monoisotopic (exact) mass is 249 g/mol. The van der Waals surface area contributed by atoms with Crippen molar-refractivity contribution in [2.45, 2.75) is 19.3 Å². The lowest BCUT2D eigenvalue weighted by molar-refractivity contribution is 0.420. The molecule has 0 fully saturated rings. The Labute approximate surface area is 112 Å². The first-order valence-electron chi connectivity index (χ1n) is 6.75. The molecule has 1 heterocycles. The van der Waals surface area contributed by atoms with Crippen LogP contribution in [0.25, 0.3) is 21.7 Å². The molecule has 2 nitrogen and oxygen atoms in total. The van der Waals surface area contributed by atoms with E-state index in [2.05, 4.69) is 30.3 Å². The molecule has 4 rings (SSSR count). The summed E-state index contributed by atoms with van der Waals surface area (Å²) in [6.07, 6.45) is 3.41. The summed E-state index contributed by atoms with van der Waals surface area (Å²) in [4.78, 5) is 4.85. The number of rotatable bonds is 1. The number of methoxy groups -OCH3 is 1. The zero-order valence-electron chi connectivity index (χ0n) is 10.9. The van der Waals surface area contributed by atoms with Crippen LogP contribution in [0.3, 0.4) is 0 Å². The van der Waals surface area contributed by atoms with E-state index >= 15 is 0 Å². The summed E-state index contributed by atoms with van der Waals surface area (Å²) in [7, 11) is 1.75. The fourth-order valence-electron chi connectivity index (χ4n) is 3.21. The van der Waals surface area contributed by atoms with Crippen molar-refractivity contribution in [3.63, 3.8) is 0 Å². The maximum Gasteiger partial charge on any atom is 0.127 e. The van der Waals surface area contributed by atoms with Gasteiger partial charge in [-0.1, -0.05) is 24.3 Å². The van der Waals surface area contributed by atoms with Crippen LogP contribution in [0.2, 0.25) is 0 Å². The Balaban J connectivity index is 2.30. The number of nitrogens with zero attached hydrogens (tertiary/aromatic N) is 1. The van der Waals surface area contributed by atoms with Crippen LogP contribution < -0.4 is 4.74 Å². The summed E-state index contributed by atoms with van der Waals surface area (Å²) in [6.45, 7) is 0. The highest BCUT2D eigenvalue weighted by Gasteiger charge is 2.18. The minimum Gasteiger partial charge on any atom is -0.496 e. The van der Waals surface area contributed by atoms with Gasteiger partial charge in [0.25, 0.3) is 0 Å². The Morgan fingerprint density at radius 2 is 1.89 bits per heavy atom. The van der Waals surface area contributed by atoms with Crippen molar-refractivity contribution in [3.05, 3.63) is 47.7 Å². The number of pyridine rings is 1. The summed E-state index contributed by atoms with van der Waals surface area (Å²) in [6, 6.07) is 12.6. The molecule has 19 heavy (non-hydrogen) atoms. The summed E-state index contributed by atoms with van der Waals surface area (Å²) in [5.74, 6) is 0.959. The number of fused-ring (bicyclic) bond motifs is 2. The molecule has 2 heteroatoms. The Bertz CT molecular complexity index is 792. The third kappa shape index (κ3) is 1.46. The van der Waals surface area contributed by atoms with Crippen molar-refractivity contribution in [2.75, 3.05) is 7.11 Å². The third-order valence-electron chi connectivity index (χ3n) is 4.05. The maximum atomic E-state index is 5.59. The fourth-order valence-corrected chi connectivity index (χ4v) is 3.21. The fraction of sp³-hybridized carbons (Fsp3) is 0.235. The molecule has 0 spiro atoms. The third-order valence-corrected chi connectivity index (χ3v) is 4.05. The second-order valence-corrected chi connectivity index (χ2v) is 5.11. The van der Waals surface area contributed by atoms with Crippen LogP contribution in [0.1, 0.15) is 17.7 Å². The van der Waals surface area contributed by atoms with E-state index in [0.717, 1.165) is 24.1 Å². The first-order valence-corrected chi connectivity index (χ1v) is 6.75. The summed E-state index contributed by atoms with van der Waals surface area (Å²) in [5, 5.41) is 3.76. The van der Waals surface area contributed by atoms with E-state index in [0.29, 0.717) is 0 Å². The highest BCUT2D eigenvalue weighted by Crippen LogP contribution is 2.38. The lowest BCUT2D eigenvalue weighted by Crippen LogP contribution is -2.05. The molecule has 0 bridgehead atoms. The van der Waals surface area contributed by atoms with Crippen LogP contribution in [-0.2, 0) is 12.8 Å². The van der Waals surface area contributed by atoms with Gasteiger partial charge in [0.1, 0.15) is 5.75 Å². The van der Waals surface area contributed by atoms with Crippen LogP contribution in [0.4, 0.5) is 0 Å². The highest BCUT2D eigenvalue weighted by molar-refractivity contribution is 6.11. The van der Waals surface area contributed by atoms with E-state index in [9.17, 15) is 0 Å². The van der Waals surface area contributed by atoms with Gasteiger partial charge in [-0.2, -0.15) is 0 Å². The minimum absolute atomic E-state index is 0.959. The van der Waals surface area contributed by atoms with Gasteiger partial charge in [0.2, 0.25) is 0 Å². The van der Waals surface area contributed by atoms with Crippen molar-refractivity contribution < 1.29 is 4.74 Å². The minimum atomic E-state index is 0.959. The number of para-hydroxylation sites is 1. The molecule has 1 aliphatic rings. The standard InChI is InChI=1S/C17H15NO/c1-19-15-10-9-11-5-4-8-14-16(11)17(15)12-6-2-3-7-13(12)18-14/h2-3,6-7,9-10H,4-5,8H2,1H3. The lowest BCUT2D eigenvalue weighted by atomic mass is 9.90. The van der Waals surface area contributed by atoms with Crippen molar-refractivity contribution in [2.24, 2.45) is 0 Å². The molecule has 1 aliphatic carbocycles. The maximum absolute atomic E-state index is 5.59. The van der Waals surface area contributed by atoms with Gasteiger partial charge in [0.05, 0.1) is 12.6 Å². The largest absolute Gasteiger partial charge is 0.496 e. The van der Waals surface area contributed by atoms with E-state index in [1.807, 2.05) is 6.07 Å². The summed E-state index contributed by atoms with van der Waals surface area (Å²) >= 11 is 0. The predicted molar refractivity (Wildman–Crippen MR) is 77.8 cm³/mol. The second kappa shape index (κ2) is 3.95. The number of benzene rings is 2. The Morgan fingerprint density at radius 1 is 1.00 bits per heavy atom. The van der Waals surface area contributed by atoms with Crippen LogP contribution in [0, 0.1) is 0 Å². The normalized spacial score (nSPS) is 13.9. The molecule has 0 unspecified atom stereocenters. The molecule has 0 saturated heterocycles. The quantitative estimate of drug-likeness (QED) is 0.610. The second-order valence-electron chi connectivity index (χ2n) is 5.11.